The Bertz CT molecular complexity index is 742. The minimum absolute atomic E-state index is 0. The van der Waals surface area contributed by atoms with Crippen molar-refractivity contribution in [1.82, 2.24) is 14.7 Å². The van der Waals surface area contributed by atoms with Crippen LogP contribution in [0.25, 0.3) is 5.69 Å². The number of aromatic nitrogens is 2. The third kappa shape index (κ3) is 4.35. The van der Waals surface area contributed by atoms with E-state index in [0.29, 0.717) is 18.0 Å². The Kier molecular flexibility index (Phi) is 6.49. The van der Waals surface area contributed by atoms with Crippen molar-refractivity contribution in [3.8, 4) is 5.69 Å². The van der Waals surface area contributed by atoms with Gasteiger partial charge in [-0.15, -0.1) is 12.4 Å². The summed E-state index contributed by atoms with van der Waals surface area (Å²) in [6.07, 6.45) is 2.35. The molecular formula is C18H24Cl2N4O. The first-order chi connectivity index (χ1) is 11.5. The van der Waals surface area contributed by atoms with Crippen LogP contribution in [0.15, 0.2) is 24.3 Å². The van der Waals surface area contributed by atoms with Crippen molar-refractivity contribution in [3.63, 3.8) is 0 Å². The SMILES string of the molecule is Cc1nn(-c2ccc(Cl)cc2)c(C)c1CC(=O)N1CCCC(N)C1.Cl. The summed E-state index contributed by atoms with van der Waals surface area (Å²) >= 11 is 5.95. The summed E-state index contributed by atoms with van der Waals surface area (Å²) in [6, 6.07) is 7.64. The average Bonchev–Trinajstić information content (AvgIpc) is 2.84. The second kappa shape index (κ2) is 8.21. The van der Waals surface area contributed by atoms with Crippen LogP contribution in [-0.2, 0) is 11.2 Å². The van der Waals surface area contributed by atoms with Crippen LogP contribution in [0.4, 0.5) is 0 Å². The van der Waals surface area contributed by atoms with Crippen LogP contribution in [-0.4, -0.2) is 39.7 Å². The van der Waals surface area contributed by atoms with Gasteiger partial charge in [0.25, 0.3) is 0 Å². The predicted octanol–water partition coefficient (Wildman–Crippen LogP) is 3.06. The normalized spacial score (nSPS) is 17.3. The molecule has 1 amide bonds. The average molecular weight is 383 g/mol. The zero-order valence-electron chi connectivity index (χ0n) is 14.5. The summed E-state index contributed by atoms with van der Waals surface area (Å²) in [7, 11) is 0. The molecule has 136 valence electrons. The van der Waals surface area contributed by atoms with E-state index in [1.54, 1.807) is 0 Å². The summed E-state index contributed by atoms with van der Waals surface area (Å²) < 4.78 is 1.87. The monoisotopic (exact) mass is 382 g/mol. The van der Waals surface area contributed by atoms with Crippen molar-refractivity contribution in [2.75, 3.05) is 13.1 Å². The largest absolute Gasteiger partial charge is 0.341 e. The van der Waals surface area contributed by atoms with E-state index in [1.165, 1.54) is 0 Å². The molecule has 1 aliphatic rings. The van der Waals surface area contributed by atoms with Crippen molar-refractivity contribution in [2.24, 2.45) is 5.73 Å². The number of hydrogen-bond acceptors (Lipinski definition) is 3. The number of carbonyl (C=O) groups excluding carboxylic acids is 1. The van der Waals surface area contributed by atoms with E-state index in [4.69, 9.17) is 17.3 Å². The molecule has 1 aromatic heterocycles. The molecule has 1 aliphatic heterocycles. The number of likely N-dealkylation sites (tertiary alicyclic amines) is 1. The number of aryl methyl sites for hydroxylation is 1. The number of benzene rings is 1. The minimum atomic E-state index is 0. The van der Waals surface area contributed by atoms with Crippen LogP contribution >= 0.6 is 24.0 Å². The molecule has 5 nitrogen and oxygen atoms in total. The second-order valence-electron chi connectivity index (χ2n) is 6.46. The lowest BCUT2D eigenvalue weighted by atomic mass is 10.0. The Labute approximate surface area is 159 Å². The minimum Gasteiger partial charge on any atom is -0.341 e. The highest BCUT2D eigenvalue weighted by molar-refractivity contribution is 6.30. The second-order valence-corrected chi connectivity index (χ2v) is 6.89. The van der Waals surface area contributed by atoms with Crippen molar-refractivity contribution in [1.29, 1.82) is 0 Å². The quantitative estimate of drug-likeness (QED) is 0.886. The van der Waals surface area contributed by atoms with Crippen molar-refractivity contribution < 1.29 is 4.79 Å². The molecule has 7 heteroatoms. The third-order valence-electron chi connectivity index (χ3n) is 4.65. The summed E-state index contributed by atoms with van der Waals surface area (Å²) in [5.74, 6) is 0.131. The first-order valence-electron chi connectivity index (χ1n) is 8.30. The van der Waals surface area contributed by atoms with Gasteiger partial charge in [-0.1, -0.05) is 11.6 Å². The molecule has 2 heterocycles. The Morgan fingerprint density at radius 3 is 2.64 bits per heavy atom. The van der Waals surface area contributed by atoms with Crippen molar-refractivity contribution >= 4 is 29.9 Å². The number of rotatable bonds is 3. The molecule has 1 saturated heterocycles. The fraction of sp³-hybridized carbons (Fsp3) is 0.444. The van der Waals surface area contributed by atoms with Gasteiger partial charge < -0.3 is 10.6 Å². The van der Waals surface area contributed by atoms with Gasteiger partial charge in [-0.2, -0.15) is 5.10 Å². The number of hydrogen-bond donors (Lipinski definition) is 1. The number of nitrogens with two attached hydrogens (primary N) is 1. The molecule has 25 heavy (non-hydrogen) atoms. The van der Waals surface area contributed by atoms with Gasteiger partial charge in [0.1, 0.15) is 0 Å². The van der Waals surface area contributed by atoms with E-state index in [0.717, 1.165) is 42.0 Å². The zero-order valence-corrected chi connectivity index (χ0v) is 16.1. The Morgan fingerprint density at radius 2 is 2.00 bits per heavy atom. The van der Waals surface area contributed by atoms with E-state index >= 15 is 0 Å². The lowest BCUT2D eigenvalue weighted by Gasteiger charge is -2.30. The lowest BCUT2D eigenvalue weighted by molar-refractivity contribution is -0.131. The van der Waals surface area contributed by atoms with Gasteiger partial charge in [-0.05, 0) is 51.0 Å². The standard InChI is InChI=1S/C18H23ClN4O.ClH/c1-12-17(10-18(24)22-9-3-4-15(20)11-22)13(2)23(21-12)16-7-5-14(19)6-8-16;/h5-8,15H,3-4,9-11,20H2,1-2H3;1H. The van der Waals surface area contributed by atoms with Gasteiger partial charge in [0, 0.05) is 35.4 Å². The van der Waals surface area contributed by atoms with Gasteiger partial charge >= 0.3 is 0 Å². The molecular weight excluding hydrogens is 359 g/mol. The van der Waals surface area contributed by atoms with Crippen LogP contribution in [0, 0.1) is 13.8 Å². The van der Waals surface area contributed by atoms with Gasteiger partial charge in [0.2, 0.25) is 5.91 Å². The fourth-order valence-corrected chi connectivity index (χ4v) is 3.39. The van der Waals surface area contributed by atoms with Gasteiger partial charge in [0.05, 0.1) is 17.8 Å². The van der Waals surface area contributed by atoms with Crippen LogP contribution in [0.5, 0.6) is 0 Å². The highest BCUT2D eigenvalue weighted by Crippen LogP contribution is 2.21. The summed E-state index contributed by atoms with van der Waals surface area (Å²) in [4.78, 5) is 14.5. The zero-order chi connectivity index (χ0) is 17.3. The van der Waals surface area contributed by atoms with Gasteiger partial charge in [0.15, 0.2) is 0 Å². The van der Waals surface area contributed by atoms with Crippen molar-refractivity contribution in [3.05, 3.63) is 46.2 Å². The molecule has 1 atom stereocenters. The maximum Gasteiger partial charge on any atom is 0.227 e. The highest BCUT2D eigenvalue weighted by atomic mass is 35.5. The number of piperidine rings is 1. The number of amides is 1. The molecule has 1 fully saturated rings. The molecule has 0 saturated carbocycles. The molecule has 3 rings (SSSR count). The Balaban J connectivity index is 0.00000225. The van der Waals surface area contributed by atoms with Crippen LogP contribution in [0.3, 0.4) is 0 Å². The van der Waals surface area contributed by atoms with Crippen molar-refractivity contribution in [2.45, 2.75) is 39.2 Å². The van der Waals surface area contributed by atoms with E-state index in [9.17, 15) is 4.79 Å². The van der Waals surface area contributed by atoms with Gasteiger partial charge in [-0.3, -0.25) is 4.79 Å². The van der Waals surface area contributed by atoms with E-state index in [-0.39, 0.29) is 24.4 Å². The van der Waals surface area contributed by atoms with E-state index in [2.05, 4.69) is 5.10 Å². The summed E-state index contributed by atoms with van der Waals surface area (Å²) in [5.41, 5.74) is 9.80. The van der Waals surface area contributed by atoms with Crippen LogP contribution in [0.1, 0.15) is 29.8 Å². The van der Waals surface area contributed by atoms with Crippen LogP contribution in [0.2, 0.25) is 5.02 Å². The first-order valence-corrected chi connectivity index (χ1v) is 8.68. The molecule has 0 radical (unpaired) electrons. The lowest BCUT2D eigenvalue weighted by Crippen LogP contribution is -2.46. The molecule has 1 aromatic carbocycles. The molecule has 0 bridgehead atoms. The Hall–Kier alpha value is -1.56. The topological polar surface area (TPSA) is 64.2 Å². The maximum atomic E-state index is 12.6. The smallest absolute Gasteiger partial charge is 0.227 e. The highest BCUT2D eigenvalue weighted by Gasteiger charge is 2.23. The molecule has 2 aromatic rings. The fourth-order valence-electron chi connectivity index (χ4n) is 3.26. The number of nitrogens with zero attached hydrogens (tertiary/aromatic N) is 3. The first kappa shape index (κ1) is 19.8. The molecule has 1 unspecified atom stereocenters. The molecule has 2 N–H and O–H groups in total. The summed E-state index contributed by atoms with van der Waals surface area (Å²) in [6.45, 7) is 5.40. The van der Waals surface area contributed by atoms with E-state index in [1.807, 2.05) is 47.7 Å². The Morgan fingerprint density at radius 1 is 1.32 bits per heavy atom. The molecule has 0 spiro atoms. The van der Waals surface area contributed by atoms with Gasteiger partial charge in [-0.25, -0.2) is 4.68 Å². The third-order valence-corrected chi connectivity index (χ3v) is 4.90. The maximum absolute atomic E-state index is 12.6. The summed E-state index contributed by atoms with van der Waals surface area (Å²) in [5, 5.41) is 5.29. The van der Waals surface area contributed by atoms with E-state index < -0.39 is 0 Å². The molecule has 0 aliphatic carbocycles. The number of carbonyl (C=O) groups is 1. The van der Waals surface area contributed by atoms with Crippen LogP contribution < -0.4 is 5.73 Å². The number of halogens is 2. The predicted molar refractivity (Wildman–Crippen MR) is 103 cm³/mol.